The van der Waals surface area contributed by atoms with Gasteiger partial charge in [-0.25, -0.2) is 8.42 Å². The molecule has 0 unspecified atom stereocenters. The van der Waals surface area contributed by atoms with Gasteiger partial charge in [-0.15, -0.1) is 0 Å². The fourth-order valence-electron chi connectivity index (χ4n) is 3.22. The molecule has 2 heterocycles. The molecule has 1 aromatic carbocycles. The van der Waals surface area contributed by atoms with Gasteiger partial charge in [-0.1, -0.05) is 6.92 Å². The van der Waals surface area contributed by atoms with Crippen molar-refractivity contribution in [2.45, 2.75) is 24.7 Å². The van der Waals surface area contributed by atoms with E-state index in [2.05, 4.69) is 4.98 Å². The second-order valence-corrected chi connectivity index (χ2v) is 9.47. The summed E-state index contributed by atoms with van der Waals surface area (Å²) in [6.07, 6.45) is 7.25. The van der Waals surface area contributed by atoms with Crippen molar-refractivity contribution in [2.24, 2.45) is 13.0 Å². The molecule has 0 radical (unpaired) electrons. The van der Waals surface area contributed by atoms with Crippen LogP contribution < -0.4 is 10.3 Å². The molecule has 0 saturated heterocycles. The lowest BCUT2D eigenvalue weighted by molar-refractivity contribution is 0.301. The van der Waals surface area contributed by atoms with E-state index in [9.17, 15) is 13.2 Å². The zero-order chi connectivity index (χ0) is 19.9. The highest BCUT2D eigenvalue weighted by molar-refractivity contribution is 7.91. The van der Waals surface area contributed by atoms with Crippen molar-refractivity contribution >= 4 is 20.6 Å². The Morgan fingerprint density at radius 3 is 2.68 bits per heavy atom. The number of benzene rings is 1. The minimum Gasteiger partial charge on any atom is -0.493 e. The molecule has 0 spiro atoms. The van der Waals surface area contributed by atoms with Crippen LogP contribution in [0, 0.1) is 5.92 Å². The van der Waals surface area contributed by atoms with Crippen molar-refractivity contribution < 1.29 is 13.2 Å². The standard InChI is InChI=1S/C21H22N2O4S/c1-3-28(25,26)15-6-7-20(27-13-14-4-5-14)17(10-15)19-12-23(2)21(24)16-8-9-22-11-18(16)19/h6-12,14H,3-5,13H2,1-2H3. The molecule has 0 amide bonds. The first-order valence-corrected chi connectivity index (χ1v) is 11.0. The van der Waals surface area contributed by atoms with Gasteiger partial charge in [-0.05, 0) is 43.0 Å². The third-order valence-electron chi connectivity index (χ3n) is 5.14. The van der Waals surface area contributed by atoms with E-state index in [4.69, 9.17) is 4.74 Å². The number of aromatic nitrogens is 2. The predicted molar refractivity (Wildman–Crippen MR) is 108 cm³/mol. The van der Waals surface area contributed by atoms with Crippen LogP contribution in [0.2, 0.25) is 0 Å². The summed E-state index contributed by atoms with van der Waals surface area (Å²) in [5.74, 6) is 1.20. The monoisotopic (exact) mass is 398 g/mol. The Labute approximate surface area is 163 Å². The van der Waals surface area contributed by atoms with E-state index in [0.717, 1.165) is 18.4 Å². The maximum absolute atomic E-state index is 12.5. The molecule has 146 valence electrons. The van der Waals surface area contributed by atoms with Crippen LogP contribution in [-0.4, -0.2) is 30.3 Å². The molecule has 2 aromatic heterocycles. The average molecular weight is 398 g/mol. The lowest BCUT2D eigenvalue weighted by atomic mass is 10.0. The lowest BCUT2D eigenvalue weighted by Gasteiger charge is -2.16. The summed E-state index contributed by atoms with van der Waals surface area (Å²) in [7, 11) is -1.69. The maximum atomic E-state index is 12.5. The summed E-state index contributed by atoms with van der Waals surface area (Å²) in [4.78, 5) is 16.9. The van der Waals surface area contributed by atoms with E-state index >= 15 is 0 Å². The van der Waals surface area contributed by atoms with Gasteiger partial charge in [0, 0.05) is 42.2 Å². The Morgan fingerprint density at radius 2 is 1.96 bits per heavy atom. The molecule has 0 atom stereocenters. The summed E-state index contributed by atoms with van der Waals surface area (Å²) < 4.78 is 32.4. The average Bonchev–Trinajstić information content (AvgIpc) is 3.53. The molecule has 1 fully saturated rings. The van der Waals surface area contributed by atoms with E-state index in [1.807, 2.05) is 0 Å². The highest BCUT2D eigenvalue weighted by Crippen LogP contribution is 2.37. The van der Waals surface area contributed by atoms with Crippen LogP contribution >= 0.6 is 0 Å². The predicted octanol–water partition coefficient (Wildman–Crippen LogP) is 3.18. The van der Waals surface area contributed by atoms with E-state index in [1.54, 1.807) is 56.8 Å². The first-order valence-electron chi connectivity index (χ1n) is 9.34. The molecule has 1 aliphatic carbocycles. The SMILES string of the molecule is CCS(=O)(=O)c1ccc(OCC2CC2)c(-c2cn(C)c(=O)c3ccncc23)c1. The minimum atomic E-state index is -3.38. The van der Waals surface area contributed by atoms with E-state index < -0.39 is 9.84 Å². The summed E-state index contributed by atoms with van der Waals surface area (Å²) >= 11 is 0. The third-order valence-corrected chi connectivity index (χ3v) is 6.87. The van der Waals surface area contributed by atoms with Gasteiger partial charge < -0.3 is 9.30 Å². The summed E-state index contributed by atoms with van der Waals surface area (Å²) in [5, 5.41) is 1.21. The van der Waals surface area contributed by atoms with Gasteiger partial charge in [0.25, 0.3) is 5.56 Å². The molecule has 1 aliphatic rings. The highest BCUT2D eigenvalue weighted by atomic mass is 32.2. The number of hydrogen-bond acceptors (Lipinski definition) is 5. The Bertz CT molecular complexity index is 1210. The molecule has 28 heavy (non-hydrogen) atoms. The smallest absolute Gasteiger partial charge is 0.258 e. The molecule has 1 saturated carbocycles. The molecular weight excluding hydrogens is 376 g/mol. The van der Waals surface area contributed by atoms with Gasteiger partial charge in [0.05, 0.1) is 22.6 Å². The first kappa shape index (κ1) is 18.7. The topological polar surface area (TPSA) is 78.3 Å². The second-order valence-electron chi connectivity index (χ2n) is 7.20. The largest absolute Gasteiger partial charge is 0.493 e. The van der Waals surface area contributed by atoms with Gasteiger partial charge in [0.2, 0.25) is 0 Å². The quantitative estimate of drug-likeness (QED) is 0.637. The fraction of sp³-hybridized carbons (Fsp3) is 0.333. The van der Waals surface area contributed by atoms with Crippen molar-refractivity contribution in [3.05, 3.63) is 53.2 Å². The molecule has 4 rings (SSSR count). The van der Waals surface area contributed by atoms with Crippen molar-refractivity contribution in [1.29, 1.82) is 0 Å². The van der Waals surface area contributed by atoms with Crippen molar-refractivity contribution in [1.82, 2.24) is 9.55 Å². The number of sulfone groups is 1. The number of pyridine rings is 2. The summed E-state index contributed by atoms with van der Waals surface area (Å²) in [5.41, 5.74) is 1.26. The van der Waals surface area contributed by atoms with E-state index in [1.165, 1.54) is 4.57 Å². The van der Waals surface area contributed by atoms with Crippen LogP contribution in [0.4, 0.5) is 0 Å². The van der Waals surface area contributed by atoms with Gasteiger partial charge in [0.15, 0.2) is 9.84 Å². The fourth-order valence-corrected chi connectivity index (χ4v) is 4.13. The number of ether oxygens (including phenoxy) is 1. The second kappa shape index (κ2) is 7.05. The number of rotatable bonds is 6. The van der Waals surface area contributed by atoms with Crippen molar-refractivity contribution in [2.75, 3.05) is 12.4 Å². The maximum Gasteiger partial charge on any atom is 0.258 e. The van der Waals surface area contributed by atoms with Crippen molar-refractivity contribution in [3.63, 3.8) is 0 Å². The number of fused-ring (bicyclic) bond motifs is 1. The Morgan fingerprint density at radius 1 is 1.18 bits per heavy atom. The van der Waals surface area contributed by atoms with Crippen LogP contribution in [0.3, 0.4) is 0 Å². The Balaban J connectivity index is 1.96. The van der Waals surface area contributed by atoms with E-state index in [-0.39, 0.29) is 16.2 Å². The Kier molecular flexibility index (Phi) is 4.71. The molecule has 0 bridgehead atoms. The van der Waals surface area contributed by atoms with Gasteiger partial charge in [-0.2, -0.15) is 0 Å². The molecule has 0 N–H and O–H groups in total. The van der Waals surface area contributed by atoms with Crippen LogP contribution in [0.25, 0.3) is 21.9 Å². The van der Waals surface area contributed by atoms with Gasteiger partial charge in [0.1, 0.15) is 5.75 Å². The van der Waals surface area contributed by atoms with Crippen LogP contribution in [0.1, 0.15) is 19.8 Å². The molecule has 3 aromatic rings. The Hall–Kier alpha value is -2.67. The van der Waals surface area contributed by atoms with E-state index in [0.29, 0.717) is 34.6 Å². The van der Waals surface area contributed by atoms with Crippen LogP contribution in [0.15, 0.2) is 52.5 Å². The van der Waals surface area contributed by atoms with Gasteiger partial charge >= 0.3 is 0 Å². The van der Waals surface area contributed by atoms with Crippen molar-refractivity contribution in [3.8, 4) is 16.9 Å². The van der Waals surface area contributed by atoms with Crippen LogP contribution in [-0.2, 0) is 16.9 Å². The molecular formula is C21H22N2O4S. The first-order chi connectivity index (χ1) is 13.4. The summed E-state index contributed by atoms with van der Waals surface area (Å²) in [6, 6.07) is 6.63. The number of aryl methyl sites for hydroxylation is 1. The highest BCUT2D eigenvalue weighted by Gasteiger charge is 2.24. The molecule has 0 aliphatic heterocycles. The third kappa shape index (κ3) is 3.42. The zero-order valence-corrected chi connectivity index (χ0v) is 16.7. The zero-order valence-electron chi connectivity index (χ0n) is 15.9. The van der Waals surface area contributed by atoms with Crippen LogP contribution in [0.5, 0.6) is 5.75 Å². The lowest BCUT2D eigenvalue weighted by Crippen LogP contribution is -2.17. The molecule has 7 heteroatoms. The number of hydrogen-bond donors (Lipinski definition) is 0. The minimum absolute atomic E-state index is 0.0182. The normalized spacial score (nSPS) is 14.4. The molecule has 6 nitrogen and oxygen atoms in total. The summed E-state index contributed by atoms with van der Waals surface area (Å²) in [6.45, 7) is 2.23. The van der Waals surface area contributed by atoms with Gasteiger partial charge in [-0.3, -0.25) is 9.78 Å². The number of nitrogens with zero attached hydrogens (tertiary/aromatic N) is 2.